The van der Waals surface area contributed by atoms with Crippen molar-refractivity contribution in [2.75, 3.05) is 7.11 Å². The second-order valence-electron chi connectivity index (χ2n) is 4.59. The van der Waals surface area contributed by atoms with E-state index in [9.17, 15) is 4.79 Å². The summed E-state index contributed by atoms with van der Waals surface area (Å²) in [5.74, 6) is 0.754. The van der Waals surface area contributed by atoms with Crippen LogP contribution in [0.25, 0.3) is 23.5 Å². The number of rotatable bonds is 4. The summed E-state index contributed by atoms with van der Waals surface area (Å²) in [6, 6.07) is 8.86. The van der Waals surface area contributed by atoms with Crippen molar-refractivity contribution in [3.63, 3.8) is 0 Å². The third-order valence-electron chi connectivity index (χ3n) is 3.16. The highest BCUT2D eigenvalue weighted by atomic mass is 16.5. The zero-order valence-electron chi connectivity index (χ0n) is 11.9. The molecular formula is C16H14N4O2. The van der Waals surface area contributed by atoms with Gasteiger partial charge in [-0.3, -0.25) is 4.79 Å². The topological polar surface area (TPSA) is 72.8 Å². The molecule has 6 heteroatoms. The molecule has 1 aromatic carbocycles. The molecule has 0 aliphatic carbocycles. The van der Waals surface area contributed by atoms with E-state index in [0.717, 1.165) is 16.9 Å². The molecule has 0 saturated heterocycles. The van der Waals surface area contributed by atoms with Gasteiger partial charge in [0.2, 0.25) is 0 Å². The molecule has 3 aromatic rings. The van der Waals surface area contributed by atoms with Gasteiger partial charge in [0.1, 0.15) is 5.75 Å². The van der Waals surface area contributed by atoms with E-state index in [-0.39, 0.29) is 5.56 Å². The Kier molecular flexibility index (Phi) is 3.82. The van der Waals surface area contributed by atoms with Crippen LogP contribution in [0.2, 0.25) is 0 Å². The van der Waals surface area contributed by atoms with Crippen LogP contribution in [0.15, 0.2) is 53.8 Å². The maximum atomic E-state index is 11.1. The lowest BCUT2D eigenvalue weighted by Crippen LogP contribution is -2.05. The average molecular weight is 294 g/mol. The number of aromatic nitrogens is 4. The second-order valence-corrected chi connectivity index (χ2v) is 4.59. The van der Waals surface area contributed by atoms with E-state index >= 15 is 0 Å². The molecule has 0 bridgehead atoms. The lowest BCUT2D eigenvalue weighted by Gasteiger charge is -2.07. The molecule has 3 rings (SSSR count). The van der Waals surface area contributed by atoms with Crippen molar-refractivity contribution in [1.82, 2.24) is 19.7 Å². The number of hydrogen-bond donors (Lipinski definition) is 1. The molecular weight excluding hydrogens is 280 g/mol. The largest absolute Gasteiger partial charge is 0.496 e. The van der Waals surface area contributed by atoms with Crippen molar-refractivity contribution in [2.24, 2.45) is 0 Å². The Balaban J connectivity index is 1.99. The lowest BCUT2D eigenvalue weighted by atomic mass is 10.1. The van der Waals surface area contributed by atoms with E-state index in [0.29, 0.717) is 5.69 Å². The van der Waals surface area contributed by atoms with Gasteiger partial charge in [0.15, 0.2) is 0 Å². The highest BCUT2D eigenvalue weighted by Crippen LogP contribution is 2.26. The van der Waals surface area contributed by atoms with Crippen molar-refractivity contribution >= 4 is 12.3 Å². The second kappa shape index (κ2) is 6.09. The molecule has 0 amide bonds. The first kappa shape index (κ1) is 13.8. The van der Waals surface area contributed by atoms with Gasteiger partial charge in [0.25, 0.3) is 5.56 Å². The minimum absolute atomic E-state index is 0.225. The third kappa shape index (κ3) is 2.95. The Hall–Kier alpha value is -3.15. The van der Waals surface area contributed by atoms with Crippen LogP contribution in [0.4, 0.5) is 0 Å². The van der Waals surface area contributed by atoms with Gasteiger partial charge in [0.05, 0.1) is 19.1 Å². The quantitative estimate of drug-likeness (QED) is 0.801. The first-order valence-electron chi connectivity index (χ1n) is 6.66. The van der Waals surface area contributed by atoms with Gasteiger partial charge in [-0.1, -0.05) is 0 Å². The van der Waals surface area contributed by atoms with Gasteiger partial charge in [-0.25, -0.2) is 10.1 Å². The molecule has 22 heavy (non-hydrogen) atoms. The molecule has 110 valence electrons. The zero-order valence-corrected chi connectivity index (χ0v) is 11.9. The fourth-order valence-corrected chi connectivity index (χ4v) is 2.05. The van der Waals surface area contributed by atoms with Gasteiger partial charge < -0.3 is 9.30 Å². The fraction of sp³-hybridized carbons (Fsp3) is 0.0625. The minimum atomic E-state index is -0.225. The van der Waals surface area contributed by atoms with E-state index < -0.39 is 0 Å². The number of hydrogen-bond acceptors (Lipinski definition) is 4. The number of ether oxygens (including phenoxy) is 1. The Morgan fingerprint density at radius 1 is 1.27 bits per heavy atom. The molecule has 0 unspecified atom stereocenters. The molecule has 6 nitrogen and oxygen atoms in total. The molecule has 2 heterocycles. The fourth-order valence-electron chi connectivity index (χ4n) is 2.05. The number of nitrogens with zero attached hydrogens (tertiary/aromatic N) is 3. The van der Waals surface area contributed by atoms with Gasteiger partial charge in [0, 0.05) is 35.8 Å². The van der Waals surface area contributed by atoms with Crippen LogP contribution in [0.3, 0.4) is 0 Å². The Bertz CT molecular complexity index is 830. The Morgan fingerprint density at radius 2 is 2.18 bits per heavy atom. The van der Waals surface area contributed by atoms with Crippen molar-refractivity contribution in [2.45, 2.75) is 0 Å². The molecule has 0 aliphatic rings. The van der Waals surface area contributed by atoms with Crippen molar-refractivity contribution in [3.8, 4) is 17.0 Å². The van der Waals surface area contributed by atoms with E-state index in [1.807, 2.05) is 41.2 Å². The molecule has 0 aliphatic heterocycles. The van der Waals surface area contributed by atoms with E-state index in [1.165, 1.54) is 6.07 Å². The van der Waals surface area contributed by atoms with Crippen LogP contribution in [0.5, 0.6) is 5.75 Å². The number of nitrogens with one attached hydrogen (secondary N) is 1. The summed E-state index contributed by atoms with van der Waals surface area (Å²) in [5.41, 5.74) is 2.26. The van der Waals surface area contributed by atoms with E-state index in [4.69, 9.17) is 4.74 Å². The van der Waals surface area contributed by atoms with Crippen LogP contribution in [0, 0.1) is 0 Å². The van der Waals surface area contributed by atoms with Crippen LogP contribution < -0.4 is 10.3 Å². The maximum absolute atomic E-state index is 11.1. The molecule has 1 N–H and O–H groups in total. The highest BCUT2D eigenvalue weighted by Gasteiger charge is 2.05. The van der Waals surface area contributed by atoms with Gasteiger partial charge in [-0.15, -0.1) is 0 Å². The monoisotopic (exact) mass is 294 g/mol. The summed E-state index contributed by atoms with van der Waals surface area (Å²) in [7, 11) is 1.63. The smallest absolute Gasteiger partial charge is 0.264 e. The first-order valence-corrected chi connectivity index (χ1v) is 6.66. The van der Waals surface area contributed by atoms with Crippen molar-refractivity contribution in [3.05, 3.63) is 65.0 Å². The molecule has 0 spiro atoms. The van der Waals surface area contributed by atoms with Crippen molar-refractivity contribution in [1.29, 1.82) is 0 Å². The van der Waals surface area contributed by atoms with Crippen LogP contribution in [-0.2, 0) is 0 Å². The minimum Gasteiger partial charge on any atom is -0.496 e. The number of imidazole rings is 1. The molecule has 2 aromatic heterocycles. The Morgan fingerprint density at radius 3 is 2.86 bits per heavy atom. The van der Waals surface area contributed by atoms with Crippen molar-refractivity contribution < 1.29 is 4.74 Å². The third-order valence-corrected chi connectivity index (χ3v) is 3.16. The Labute approximate surface area is 126 Å². The summed E-state index contributed by atoms with van der Waals surface area (Å²) in [6.45, 7) is 0. The predicted molar refractivity (Wildman–Crippen MR) is 84.3 cm³/mol. The normalized spacial score (nSPS) is 11.0. The van der Waals surface area contributed by atoms with Gasteiger partial charge >= 0.3 is 0 Å². The van der Waals surface area contributed by atoms with Gasteiger partial charge in [-0.05, 0) is 30.3 Å². The van der Waals surface area contributed by atoms with Crippen LogP contribution in [-0.4, -0.2) is 26.9 Å². The SMILES string of the molecule is COc1ccc(-c2ccc(=O)[nH]n2)cc1C=Cn1ccnc1. The predicted octanol–water partition coefficient (Wildman–Crippen LogP) is 2.27. The molecule has 0 fully saturated rings. The van der Waals surface area contributed by atoms with Crippen LogP contribution >= 0.6 is 0 Å². The number of benzene rings is 1. The first-order chi connectivity index (χ1) is 10.8. The summed E-state index contributed by atoms with van der Waals surface area (Å²) in [4.78, 5) is 15.1. The van der Waals surface area contributed by atoms with Gasteiger partial charge in [-0.2, -0.15) is 5.10 Å². The number of H-pyrrole nitrogens is 1. The molecule has 0 atom stereocenters. The molecule has 0 saturated carbocycles. The summed E-state index contributed by atoms with van der Waals surface area (Å²) < 4.78 is 7.21. The lowest BCUT2D eigenvalue weighted by molar-refractivity contribution is 0.414. The summed E-state index contributed by atoms with van der Waals surface area (Å²) >= 11 is 0. The summed E-state index contributed by atoms with van der Waals surface area (Å²) in [5, 5.41) is 6.47. The molecule has 0 radical (unpaired) electrons. The number of aromatic amines is 1. The summed E-state index contributed by atoms with van der Waals surface area (Å²) in [6.07, 6.45) is 9.07. The van der Waals surface area contributed by atoms with E-state index in [2.05, 4.69) is 15.2 Å². The van der Waals surface area contributed by atoms with Crippen LogP contribution in [0.1, 0.15) is 5.56 Å². The maximum Gasteiger partial charge on any atom is 0.264 e. The highest BCUT2D eigenvalue weighted by molar-refractivity contribution is 5.71. The van der Waals surface area contributed by atoms with E-state index in [1.54, 1.807) is 25.7 Å². The number of methoxy groups -OCH3 is 1. The zero-order chi connectivity index (χ0) is 15.4. The average Bonchev–Trinajstić information content (AvgIpc) is 3.07. The standard InChI is InChI=1S/C16H14N4O2/c1-22-15-4-2-12(14-3-5-16(21)19-18-14)10-13(15)6-8-20-9-7-17-11-20/h2-11H,1H3,(H,19,21).